The van der Waals surface area contributed by atoms with E-state index in [1.54, 1.807) is 0 Å². The van der Waals surface area contributed by atoms with E-state index in [0.717, 1.165) is 32.1 Å². The highest BCUT2D eigenvalue weighted by atomic mass is 16.3. The number of aliphatic hydroxyl groups excluding tert-OH is 1. The van der Waals surface area contributed by atoms with E-state index >= 15 is 0 Å². The topological polar surface area (TPSA) is 49.3 Å². The van der Waals surface area contributed by atoms with Crippen molar-refractivity contribution in [2.75, 3.05) is 6.61 Å². The van der Waals surface area contributed by atoms with Crippen LogP contribution < -0.4 is 5.32 Å². The molecule has 0 aliphatic rings. The molecule has 0 saturated carbocycles. The molecule has 2 N–H and O–H groups in total. The van der Waals surface area contributed by atoms with Crippen molar-refractivity contribution in [1.82, 2.24) is 5.32 Å². The van der Waals surface area contributed by atoms with Gasteiger partial charge in [-0.1, -0.05) is 115 Å². The standard InChI is InChI=1S/C30H53NO2/c1-3-4-5-6-7-8-9-10-11-12-13-14-15-16-17-18-19-20-21-22-23-24-25-26-27-30(33)31-29(2)28-32/h29,32H,3-15,20-28H2,1-2H3,(H,31,33). The largest absolute Gasteiger partial charge is 0.394 e. The fourth-order valence-electron chi connectivity index (χ4n) is 3.87. The number of hydrogen-bond donors (Lipinski definition) is 2. The Kier molecular flexibility index (Phi) is 25.6. The first-order chi connectivity index (χ1) is 16.2. The van der Waals surface area contributed by atoms with E-state index in [0.29, 0.717) is 6.42 Å². The summed E-state index contributed by atoms with van der Waals surface area (Å²) in [6.07, 6.45) is 25.8. The predicted molar refractivity (Wildman–Crippen MR) is 143 cm³/mol. The Morgan fingerprint density at radius 3 is 1.48 bits per heavy atom. The molecule has 0 aliphatic heterocycles. The van der Waals surface area contributed by atoms with Crippen molar-refractivity contribution >= 4 is 5.91 Å². The molecule has 0 aromatic rings. The van der Waals surface area contributed by atoms with Crippen molar-refractivity contribution in [1.29, 1.82) is 0 Å². The number of carbonyl (C=O) groups is 1. The molecule has 3 nitrogen and oxygen atoms in total. The van der Waals surface area contributed by atoms with Gasteiger partial charge in [0.05, 0.1) is 6.61 Å². The van der Waals surface area contributed by atoms with Crippen molar-refractivity contribution < 1.29 is 9.90 Å². The molecule has 3 heteroatoms. The van der Waals surface area contributed by atoms with Crippen LogP contribution in [0.2, 0.25) is 0 Å². The van der Waals surface area contributed by atoms with Crippen LogP contribution in [0.3, 0.4) is 0 Å². The van der Waals surface area contributed by atoms with Crippen LogP contribution in [-0.2, 0) is 4.79 Å². The lowest BCUT2D eigenvalue weighted by Crippen LogP contribution is -2.34. The van der Waals surface area contributed by atoms with Gasteiger partial charge in [0.1, 0.15) is 0 Å². The van der Waals surface area contributed by atoms with E-state index < -0.39 is 0 Å². The maximum absolute atomic E-state index is 11.6. The highest BCUT2D eigenvalue weighted by molar-refractivity contribution is 5.76. The van der Waals surface area contributed by atoms with Gasteiger partial charge in [-0.3, -0.25) is 4.79 Å². The van der Waals surface area contributed by atoms with Gasteiger partial charge in [0.25, 0.3) is 0 Å². The smallest absolute Gasteiger partial charge is 0.220 e. The summed E-state index contributed by atoms with van der Waals surface area (Å²) < 4.78 is 0. The van der Waals surface area contributed by atoms with Crippen molar-refractivity contribution in [2.45, 2.75) is 155 Å². The Morgan fingerprint density at radius 1 is 0.667 bits per heavy atom. The van der Waals surface area contributed by atoms with E-state index in [4.69, 9.17) is 5.11 Å². The van der Waals surface area contributed by atoms with Crippen molar-refractivity contribution in [2.24, 2.45) is 0 Å². The molecule has 0 bridgehead atoms. The van der Waals surface area contributed by atoms with Gasteiger partial charge in [0.2, 0.25) is 5.91 Å². The average Bonchev–Trinajstić information content (AvgIpc) is 2.81. The Balaban J connectivity index is 3.31. The van der Waals surface area contributed by atoms with Gasteiger partial charge >= 0.3 is 0 Å². The number of aliphatic hydroxyl groups is 1. The zero-order valence-corrected chi connectivity index (χ0v) is 22.0. The van der Waals surface area contributed by atoms with Gasteiger partial charge in [-0.15, -0.1) is 0 Å². The molecule has 190 valence electrons. The Morgan fingerprint density at radius 2 is 1.06 bits per heavy atom. The minimum atomic E-state index is -0.141. The van der Waals surface area contributed by atoms with E-state index in [1.807, 2.05) is 6.92 Å². The molecule has 0 heterocycles. The molecular formula is C30H53NO2. The van der Waals surface area contributed by atoms with E-state index in [-0.39, 0.29) is 18.6 Å². The quantitative estimate of drug-likeness (QED) is 0.129. The second-order valence-corrected chi connectivity index (χ2v) is 9.52. The van der Waals surface area contributed by atoms with Gasteiger partial charge < -0.3 is 10.4 Å². The molecule has 0 saturated heterocycles. The van der Waals surface area contributed by atoms with Crippen LogP contribution in [0.5, 0.6) is 0 Å². The molecule has 33 heavy (non-hydrogen) atoms. The molecule has 0 aromatic carbocycles. The SMILES string of the molecule is CCCCCCCCCCCCCCC#CC#CCCCCCCCCC(=O)NC(C)CO. The molecule has 0 aromatic heterocycles. The first kappa shape index (κ1) is 31.6. The van der Waals surface area contributed by atoms with Gasteiger partial charge in [-0.05, 0) is 38.0 Å². The Labute approximate surface area is 206 Å². The lowest BCUT2D eigenvalue weighted by Gasteiger charge is -2.10. The normalized spacial score (nSPS) is 11.2. The minimum Gasteiger partial charge on any atom is -0.394 e. The summed E-state index contributed by atoms with van der Waals surface area (Å²) in [5.74, 6) is 12.4. The molecule has 0 fully saturated rings. The Bertz CT molecular complexity index is 549. The zero-order valence-electron chi connectivity index (χ0n) is 22.0. The lowest BCUT2D eigenvalue weighted by atomic mass is 10.0. The van der Waals surface area contributed by atoms with Crippen LogP contribution in [0.1, 0.15) is 149 Å². The average molecular weight is 460 g/mol. The zero-order chi connectivity index (χ0) is 24.2. The van der Waals surface area contributed by atoms with Crippen LogP contribution >= 0.6 is 0 Å². The van der Waals surface area contributed by atoms with Crippen LogP contribution in [0, 0.1) is 23.7 Å². The summed E-state index contributed by atoms with van der Waals surface area (Å²) in [7, 11) is 0. The van der Waals surface area contributed by atoms with Crippen molar-refractivity contribution in [3.63, 3.8) is 0 Å². The van der Waals surface area contributed by atoms with Gasteiger partial charge in [-0.25, -0.2) is 0 Å². The third kappa shape index (κ3) is 26.7. The van der Waals surface area contributed by atoms with Crippen LogP contribution in [0.15, 0.2) is 0 Å². The number of hydrogen-bond acceptors (Lipinski definition) is 2. The van der Waals surface area contributed by atoms with Crippen LogP contribution in [0.4, 0.5) is 0 Å². The second-order valence-electron chi connectivity index (χ2n) is 9.52. The number of amides is 1. The fraction of sp³-hybridized carbons (Fsp3) is 0.833. The summed E-state index contributed by atoms with van der Waals surface area (Å²) in [4.78, 5) is 11.6. The molecule has 0 spiro atoms. The molecule has 0 radical (unpaired) electrons. The molecule has 0 rings (SSSR count). The first-order valence-electron chi connectivity index (χ1n) is 14.1. The van der Waals surface area contributed by atoms with Gasteiger partial charge in [0.15, 0.2) is 0 Å². The lowest BCUT2D eigenvalue weighted by molar-refractivity contribution is -0.122. The first-order valence-corrected chi connectivity index (χ1v) is 14.1. The van der Waals surface area contributed by atoms with Crippen LogP contribution in [-0.4, -0.2) is 23.7 Å². The number of rotatable bonds is 22. The molecule has 1 unspecified atom stereocenters. The summed E-state index contributed by atoms with van der Waals surface area (Å²) >= 11 is 0. The molecule has 1 amide bonds. The minimum absolute atomic E-state index is 0.000342. The van der Waals surface area contributed by atoms with Crippen molar-refractivity contribution in [3.05, 3.63) is 0 Å². The highest BCUT2D eigenvalue weighted by Gasteiger charge is 2.05. The maximum Gasteiger partial charge on any atom is 0.220 e. The second kappa shape index (κ2) is 26.8. The van der Waals surface area contributed by atoms with Gasteiger partial charge in [-0.2, -0.15) is 0 Å². The summed E-state index contributed by atoms with van der Waals surface area (Å²) in [6, 6.07) is -0.141. The van der Waals surface area contributed by atoms with Crippen molar-refractivity contribution in [3.8, 4) is 23.7 Å². The van der Waals surface area contributed by atoms with E-state index in [9.17, 15) is 4.79 Å². The summed E-state index contributed by atoms with van der Waals surface area (Å²) in [5.41, 5.74) is 0. The number of unbranched alkanes of at least 4 members (excludes halogenated alkanes) is 18. The maximum atomic E-state index is 11.6. The highest BCUT2D eigenvalue weighted by Crippen LogP contribution is 2.12. The predicted octanol–water partition coefficient (Wildman–Crippen LogP) is 7.70. The van der Waals surface area contributed by atoms with Crippen LogP contribution in [0.25, 0.3) is 0 Å². The molecule has 1 atom stereocenters. The number of carbonyl (C=O) groups excluding carboxylic acids is 1. The summed E-state index contributed by atoms with van der Waals surface area (Å²) in [5, 5.41) is 11.7. The monoisotopic (exact) mass is 459 g/mol. The molecule has 0 aliphatic carbocycles. The van der Waals surface area contributed by atoms with E-state index in [1.165, 1.54) is 96.3 Å². The molecular weight excluding hydrogens is 406 g/mol. The van der Waals surface area contributed by atoms with Gasteiger partial charge in [0, 0.05) is 25.3 Å². The fourth-order valence-corrected chi connectivity index (χ4v) is 3.87. The number of nitrogens with one attached hydrogen (secondary N) is 1. The van der Waals surface area contributed by atoms with E-state index in [2.05, 4.69) is 35.9 Å². The Hall–Kier alpha value is -1.45. The summed E-state index contributed by atoms with van der Waals surface area (Å²) in [6.45, 7) is 4.09. The third-order valence-electron chi connectivity index (χ3n) is 6.03. The third-order valence-corrected chi connectivity index (χ3v) is 6.03.